The lowest BCUT2D eigenvalue weighted by atomic mass is 10.1. The minimum atomic E-state index is -0.126. The van der Waals surface area contributed by atoms with Crippen LogP contribution in [-0.2, 0) is 13.5 Å². The van der Waals surface area contributed by atoms with Crippen molar-refractivity contribution >= 4 is 0 Å². The Labute approximate surface area is 84.8 Å². The molecule has 0 spiro atoms. The molecule has 0 aliphatic heterocycles. The van der Waals surface area contributed by atoms with Gasteiger partial charge in [0.2, 0.25) is 0 Å². The Kier molecular flexibility index (Phi) is 2.87. The zero-order valence-corrected chi connectivity index (χ0v) is 8.69. The van der Waals surface area contributed by atoms with E-state index >= 15 is 0 Å². The number of rotatable bonds is 5. The highest BCUT2D eigenvalue weighted by Gasteiger charge is 2.24. The summed E-state index contributed by atoms with van der Waals surface area (Å²) in [4.78, 5) is 4.23. The number of hydrogen-bond donors (Lipinski definition) is 1. The third-order valence-electron chi connectivity index (χ3n) is 2.92. The topological polar surface area (TPSA) is 38.0 Å². The predicted octanol–water partition coefficient (Wildman–Crippen LogP) is 1.51. The van der Waals surface area contributed by atoms with Gasteiger partial charge in [0.1, 0.15) is 5.82 Å². The third kappa shape index (κ3) is 2.58. The molecule has 1 unspecified atom stereocenters. The van der Waals surface area contributed by atoms with Gasteiger partial charge in [-0.2, -0.15) is 0 Å². The van der Waals surface area contributed by atoms with Crippen molar-refractivity contribution in [2.24, 2.45) is 13.0 Å². The summed E-state index contributed by atoms with van der Waals surface area (Å²) >= 11 is 0. The maximum atomic E-state index is 9.71. The molecule has 0 bridgehead atoms. The average molecular weight is 194 g/mol. The van der Waals surface area contributed by atoms with E-state index in [4.69, 9.17) is 0 Å². The predicted molar refractivity (Wildman–Crippen MR) is 54.9 cm³/mol. The van der Waals surface area contributed by atoms with E-state index in [9.17, 15) is 5.11 Å². The molecular formula is C11H18N2O. The molecule has 1 saturated carbocycles. The van der Waals surface area contributed by atoms with Crippen LogP contribution in [0.5, 0.6) is 0 Å². The standard InChI is InChI=1S/C11H18N2O/c1-13-7-6-12-11(13)5-4-10(14)8-9-2-3-9/h6-7,9-10,14H,2-5,8H2,1H3. The van der Waals surface area contributed by atoms with E-state index in [1.807, 2.05) is 24.0 Å². The maximum absolute atomic E-state index is 9.71. The lowest BCUT2D eigenvalue weighted by Gasteiger charge is -2.09. The number of aliphatic hydroxyl groups excluding tert-OH is 1. The van der Waals surface area contributed by atoms with Gasteiger partial charge in [-0.05, 0) is 18.8 Å². The van der Waals surface area contributed by atoms with Crippen molar-refractivity contribution in [3.63, 3.8) is 0 Å². The second-order valence-corrected chi connectivity index (χ2v) is 4.33. The molecule has 78 valence electrons. The second kappa shape index (κ2) is 4.13. The number of imidazole rings is 1. The molecule has 1 N–H and O–H groups in total. The molecule has 1 atom stereocenters. The summed E-state index contributed by atoms with van der Waals surface area (Å²) in [5.74, 6) is 1.88. The molecule has 0 amide bonds. The van der Waals surface area contributed by atoms with Crippen molar-refractivity contribution < 1.29 is 5.11 Å². The van der Waals surface area contributed by atoms with Gasteiger partial charge in [-0.25, -0.2) is 4.98 Å². The summed E-state index contributed by atoms with van der Waals surface area (Å²) in [5.41, 5.74) is 0. The normalized spacial score (nSPS) is 18.4. The van der Waals surface area contributed by atoms with Crippen LogP contribution in [0.1, 0.15) is 31.5 Å². The summed E-state index contributed by atoms with van der Waals surface area (Å²) < 4.78 is 2.02. The molecule has 1 aromatic heterocycles. The van der Waals surface area contributed by atoms with Gasteiger partial charge in [0.25, 0.3) is 0 Å². The number of aryl methyl sites for hydroxylation is 2. The van der Waals surface area contributed by atoms with Crippen LogP contribution < -0.4 is 0 Å². The van der Waals surface area contributed by atoms with Crippen LogP contribution in [0, 0.1) is 5.92 Å². The summed E-state index contributed by atoms with van der Waals surface area (Å²) in [5, 5.41) is 9.71. The van der Waals surface area contributed by atoms with Gasteiger partial charge in [-0.1, -0.05) is 12.8 Å². The van der Waals surface area contributed by atoms with E-state index in [0.717, 1.165) is 31.0 Å². The van der Waals surface area contributed by atoms with E-state index in [1.54, 1.807) is 0 Å². The molecule has 1 heterocycles. The van der Waals surface area contributed by atoms with Crippen molar-refractivity contribution in [3.05, 3.63) is 18.2 Å². The number of nitrogens with zero attached hydrogens (tertiary/aromatic N) is 2. The van der Waals surface area contributed by atoms with Crippen LogP contribution in [0.25, 0.3) is 0 Å². The van der Waals surface area contributed by atoms with Crippen molar-refractivity contribution in [2.45, 2.75) is 38.2 Å². The van der Waals surface area contributed by atoms with Gasteiger partial charge >= 0.3 is 0 Å². The molecule has 0 aromatic carbocycles. The smallest absolute Gasteiger partial charge is 0.108 e. The van der Waals surface area contributed by atoms with E-state index in [1.165, 1.54) is 12.8 Å². The van der Waals surface area contributed by atoms with Crippen molar-refractivity contribution in [1.29, 1.82) is 0 Å². The van der Waals surface area contributed by atoms with E-state index in [-0.39, 0.29) is 6.10 Å². The summed E-state index contributed by atoms with van der Waals surface area (Å²) in [7, 11) is 2.00. The minimum absolute atomic E-state index is 0.126. The number of hydrogen-bond acceptors (Lipinski definition) is 2. The van der Waals surface area contributed by atoms with Crippen LogP contribution in [-0.4, -0.2) is 20.8 Å². The van der Waals surface area contributed by atoms with Crippen molar-refractivity contribution in [2.75, 3.05) is 0 Å². The van der Waals surface area contributed by atoms with Gasteiger partial charge in [0.15, 0.2) is 0 Å². The van der Waals surface area contributed by atoms with Gasteiger partial charge < -0.3 is 9.67 Å². The molecule has 1 fully saturated rings. The highest BCUT2D eigenvalue weighted by atomic mass is 16.3. The lowest BCUT2D eigenvalue weighted by molar-refractivity contribution is 0.147. The van der Waals surface area contributed by atoms with E-state index < -0.39 is 0 Å². The van der Waals surface area contributed by atoms with E-state index in [0.29, 0.717) is 0 Å². The van der Waals surface area contributed by atoms with Crippen LogP contribution in [0.15, 0.2) is 12.4 Å². The monoisotopic (exact) mass is 194 g/mol. The zero-order chi connectivity index (χ0) is 9.97. The number of aliphatic hydroxyl groups is 1. The molecule has 14 heavy (non-hydrogen) atoms. The Bertz CT molecular complexity index is 291. The van der Waals surface area contributed by atoms with E-state index in [2.05, 4.69) is 4.98 Å². The Morgan fingerprint density at radius 3 is 3.00 bits per heavy atom. The van der Waals surface area contributed by atoms with Gasteiger partial charge in [-0.15, -0.1) is 0 Å². The highest BCUT2D eigenvalue weighted by molar-refractivity contribution is 4.91. The Hall–Kier alpha value is -0.830. The SMILES string of the molecule is Cn1ccnc1CCC(O)CC1CC1. The molecule has 1 aliphatic rings. The summed E-state index contributed by atoms with van der Waals surface area (Å²) in [6, 6.07) is 0. The van der Waals surface area contributed by atoms with Gasteiger partial charge in [0.05, 0.1) is 6.10 Å². The summed E-state index contributed by atoms with van der Waals surface area (Å²) in [6.45, 7) is 0. The Morgan fingerprint density at radius 1 is 1.64 bits per heavy atom. The Balaban J connectivity index is 1.73. The van der Waals surface area contributed by atoms with Crippen LogP contribution in [0.2, 0.25) is 0 Å². The van der Waals surface area contributed by atoms with Crippen molar-refractivity contribution in [1.82, 2.24) is 9.55 Å². The quantitative estimate of drug-likeness (QED) is 0.771. The molecule has 2 rings (SSSR count). The zero-order valence-electron chi connectivity index (χ0n) is 8.69. The minimum Gasteiger partial charge on any atom is -0.393 e. The first-order chi connectivity index (χ1) is 6.75. The fourth-order valence-corrected chi connectivity index (χ4v) is 1.79. The molecule has 0 radical (unpaired) electrons. The van der Waals surface area contributed by atoms with Crippen LogP contribution in [0.4, 0.5) is 0 Å². The van der Waals surface area contributed by atoms with Crippen LogP contribution in [0.3, 0.4) is 0 Å². The third-order valence-corrected chi connectivity index (χ3v) is 2.92. The fourth-order valence-electron chi connectivity index (χ4n) is 1.79. The van der Waals surface area contributed by atoms with Gasteiger partial charge in [-0.3, -0.25) is 0 Å². The second-order valence-electron chi connectivity index (χ2n) is 4.33. The average Bonchev–Trinajstić information content (AvgIpc) is 2.86. The highest BCUT2D eigenvalue weighted by Crippen LogP contribution is 2.34. The largest absolute Gasteiger partial charge is 0.393 e. The van der Waals surface area contributed by atoms with Gasteiger partial charge in [0, 0.05) is 25.9 Å². The molecular weight excluding hydrogens is 176 g/mol. The first-order valence-corrected chi connectivity index (χ1v) is 5.40. The van der Waals surface area contributed by atoms with Crippen molar-refractivity contribution in [3.8, 4) is 0 Å². The molecule has 0 saturated heterocycles. The Morgan fingerprint density at radius 2 is 2.43 bits per heavy atom. The molecule has 3 nitrogen and oxygen atoms in total. The maximum Gasteiger partial charge on any atom is 0.108 e. The molecule has 1 aliphatic carbocycles. The molecule has 3 heteroatoms. The first kappa shape index (κ1) is 9.71. The first-order valence-electron chi connectivity index (χ1n) is 5.40. The van der Waals surface area contributed by atoms with Crippen LogP contribution >= 0.6 is 0 Å². The lowest BCUT2D eigenvalue weighted by Crippen LogP contribution is -2.10. The fraction of sp³-hybridized carbons (Fsp3) is 0.727. The number of aromatic nitrogens is 2. The summed E-state index contributed by atoms with van der Waals surface area (Å²) in [6.07, 6.45) is 8.99. The molecule has 1 aromatic rings.